The number of halogens is 3. The molecule has 7 heteroatoms. The Morgan fingerprint density at radius 1 is 0.875 bits per heavy atom. The topological polar surface area (TPSA) is 53.1 Å². The number of benzene rings is 2. The van der Waals surface area contributed by atoms with Gasteiger partial charge in [0, 0.05) is 11.1 Å². The summed E-state index contributed by atoms with van der Waals surface area (Å²) in [5, 5.41) is 9.81. The van der Waals surface area contributed by atoms with Crippen molar-refractivity contribution in [2.45, 2.75) is 6.18 Å². The van der Waals surface area contributed by atoms with Gasteiger partial charge in [-0.2, -0.15) is 18.3 Å². The molecule has 24 heavy (non-hydrogen) atoms. The van der Waals surface area contributed by atoms with Crippen molar-refractivity contribution in [3.05, 3.63) is 65.9 Å². The number of anilines is 1. The second-order valence-electron chi connectivity index (χ2n) is 5.30. The molecule has 1 aliphatic rings. The Hall–Kier alpha value is -3.09. The SMILES string of the molecule is FC(F)(F)c1ccccc1C1=Nc2ccccc2-c2[nH]ncc2N1. The third kappa shape index (κ3) is 2.34. The summed E-state index contributed by atoms with van der Waals surface area (Å²) in [7, 11) is 0. The number of nitrogens with zero attached hydrogens (tertiary/aromatic N) is 2. The van der Waals surface area contributed by atoms with Gasteiger partial charge in [0.2, 0.25) is 0 Å². The van der Waals surface area contributed by atoms with E-state index in [1.165, 1.54) is 18.3 Å². The van der Waals surface area contributed by atoms with Crippen LogP contribution in [-0.4, -0.2) is 16.0 Å². The van der Waals surface area contributed by atoms with Crippen molar-refractivity contribution >= 4 is 17.2 Å². The molecule has 120 valence electrons. The first-order valence-corrected chi connectivity index (χ1v) is 7.19. The Bertz CT molecular complexity index is 941. The summed E-state index contributed by atoms with van der Waals surface area (Å²) in [5.41, 5.74) is 1.87. The largest absolute Gasteiger partial charge is 0.417 e. The number of fused-ring (bicyclic) bond motifs is 3. The lowest BCUT2D eigenvalue weighted by molar-refractivity contribution is -0.137. The van der Waals surface area contributed by atoms with Crippen molar-refractivity contribution in [1.29, 1.82) is 0 Å². The number of hydrogen-bond acceptors (Lipinski definition) is 3. The predicted octanol–water partition coefficient (Wildman–Crippen LogP) is 4.60. The lowest BCUT2D eigenvalue weighted by atomic mass is 10.1. The highest BCUT2D eigenvalue weighted by Gasteiger charge is 2.34. The van der Waals surface area contributed by atoms with Crippen molar-refractivity contribution in [2.75, 3.05) is 5.32 Å². The fourth-order valence-electron chi connectivity index (χ4n) is 2.71. The van der Waals surface area contributed by atoms with E-state index in [0.29, 0.717) is 17.1 Å². The molecule has 0 bridgehead atoms. The monoisotopic (exact) mass is 328 g/mol. The minimum Gasteiger partial charge on any atom is -0.337 e. The Morgan fingerprint density at radius 2 is 1.58 bits per heavy atom. The molecular formula is C17H11F3N4. The maximum absolute atomic E-state index is 13.3. The number of rotatable bonds is 1. The van der Waals surface area contributed by atoms with Gasteiger partial charge in [-0.1, -0.05) is 36.4 Å². The number of H-pyrrole nitrogens is 1. The molecule has 0 aliphatic carbocycles. The lowest BCUT2D eigenvalue weighted by Crippen LogP contribution is -2.19. The zero-order chi connectivity index (χ0) is 16.7. The summed E-state index contributed by atoms with van der Waals surface area (Å²) in [4.78, 5) is 4.43. The minimum atomic E-state index is -4.47. The smallest absolute Gasteiger partial charge is 0.337 e. The Labute approximate surface area is 135 Å². The van der Waals surface area contributed by atoms with E-state index >= 15 is 0 Å². The van der Waals surface area contributed by atoms with Crippen LogP contribution in [0.15, 0.2) is 59.7 Å². The highest BCUT2D eigenvalue weighted by atomic mass is 19.4. The van der Waals surface area contributed by atoms with Gasteiger partial charge in [-0.25, -0.2) is 4.99 Å². The van der Waals surface area contributed by atoms with Crippen LogP contribution in [0.25, 0.3) is 11.3 Å². The Morgan fingerprint density at radius 3 is 2.38 bits per heavy atom. The average Bonchev–Trinajstić information content (AvgIpc) is 2.96. The standard InChI is InChI=1S/C17H11F3N4/c18-17(19,20)12-7-3-1-5-10(12)16-22-13-8-4-2-6-11(13)15-14(23-16)9-21-24-15/h1-9H,(H,21,24)(H,22,23). The number of nitrogens with one attached hydrogen (secondary N) is 2. The van der Waals surface area contributed by atoms with Gasteiger partial charge >= 0.3 is 6.18 Å². The van der Waals surface area contributed by atoms with E-state index in [-0.39, 0.29) is 11.4 Å². The van der Waals surface area contributed by atoms with E-state index in [0.717, 1.165) is 11.6 Å². The molecule has 4 rings (SSSR count). The highest BCUT2D eigenvalue weighted by Crippen LogP contribution is 2.38. The molecule has 0 radical (unpaired) electrons. The third-order valence-electron chi connectivity index (χ3n) is 3.79. The third-order valence-corrected chi connectivity index (χ3v) is 3.79. The molecule has 1 aromatic heterocycles. The minimum absolute atomic E-state index is 0.00569. The molecule has 2 aromatic carbocycles. The summed E-state index contributed by atoms with van der Waals surface area (Å²) in [6.07, 6.45) is -2.94. The van der Waals surface area contributed by atoms with Crippen LogP contribution in [0, 0.1) is 0 Å². The van der Waals surface area contributed by atoms with Crippen LogP contribution in [0.4, 0.5) is 24.5 Å². The van der Waals surface area contributed by atoms with Crippen LogP contribution in [0.2, 0.25) is 0 Å². The quantitative estimate of drug-likeness (QED) is 0.686. The van der Waals surface area contributed by atoms with Crippen molar-refractivity contribution in [3.8, 4) is 11.3 Å². The molecule has 0 atom stereocenters. The molecule has 1 aliphatic heterocycles. The normalized spacial score (nSPS) is 13.4. The highest BCUT2D eigenvalue weighted by molar-refractivity contribution is 6.13. The number of aromatic nitrogens is 2. The van der Waals surface area contributed by atoms with Gasteiger partial charge < -0.3 is 5.32 Å². The molecule has 0 saturated heterocycles. The summed E-state index contributed by atoms with van der Waals surface area (Å²) in [5.74, 6) is 0.135. The van der Waals surface area contributed by atoms with Crippen LogP contribution < -0.4 is 5.32 Å². The summed E-state index contributed by atoms with van der Waals surface area (Å²) in [6, 6.07) is 12.6. The maximum Gasteiger partial charge on any atom is 0.417 e. The molecule has 0 amide bonds. The predicted molar refractivity (Wildman–Crippen MR) is 85.3 cm³/mol. The van der Waals surface area contributed by atoms with Crippen LogP contribution in [0.3, 0.4) is 0 Å². The van der Waals surface area contributed by atoms with Crippen molar-refractivity contribution < 1.29 is 13.2 Å². The van der Waals surface area contributed by atoms with Gasteiger partial charge in [0.1, 0.15) is 5.84 Å². The van der Waals surface area contributed by atoms with Crippen molar-refractivity contribution in [2.24, 2.45) is 4.99 Å². The Kier molecular flexibility index (Phi) is 3.16. The summed E-state index contributed by atoms with van der Waals surface area (Å²) < 4.78 is 40.0. The number of hydrogen-bond donors (Lipinski definition) is 2. The number of aromatic amines is 1. The number of alkyl halides is 3. The van der Waals surface area contributed by atoms with E-state index < -0.39 is 11.7 Å². The van der Waals surface area contributed by atoms with Gasteiger partial charge in [-0.15, -0.1) is 0 Å². The first-order valence-electron chi connectivity index (χ1n) is 7.19. The van der Waals surface area contributed by atoms with E-state index in [4.69, 9.17) is 0 Å². The maximum atomic E-state index is 13.3. The molecule has 4 nitrogen and oxygen atoms in total. The van der Waals surface area contributed by atoms with Crippen LogP contribution >= 0.6 is 0 Å². The number of aliphatic imine (C=N–C) groups is 1. The summed E-state index contributed by atoms with van der Waals surface area (Å²) in [6.45, 7) is 0. The molecular weight excluding hydrogens is 317 g/mol. The Balaban J connectivity index is 1.95. The molecule has 2 heterocycles. The fourth-order valence-corrected chi connectivity index (χ4v) is 2.71. The van der Waals surface area contributed by atoms with Gasteiger partial charge in [-0.05, 0) is 12.1 Å². The fraction of sp³-hybridized carbons (Fsp3) is 0.0588. The molecule has 0 fully saturated rings. The van der Waals surface area contributed by atoms with Gasteiger partial charge in [0.25, 0.3) is 0 Å². The lowest BCUT2D eigenvalue weighted by Gasteiger charge is -2.14. The summed E-state index contributed by atoms with van der Waals surface area (Å²) >= 11 is 0. The van der Waals surface area contributed by atoms with Crippen molar-refractivity contribution in [3.63, 3.8) is 0 Å². The number of amidine groups is 1. The number of para-hydroxylation sites is 1. The van der Waals surface area contributed by atoms with E-state index in [1.807, 2.05) is 12.1 Å². The van der Waals surface area contributed by atoms with Crippen LogP contribution in [0.1, 0.15) is 11.1 Å². The van der Waals surface area contributed by atoms with Gasteiger partial charge in [-0.3, -0.25) is 5.10 Å². The van der Waals surface area contributed by atoms with E-state index in [1.54, 1.807) is 18.2 Å². The first kappa shape index (κ1) is 14.5. The zero-order valence-electron chi connectivity index (χ0n) is 12.2. The zero-order valence-corrected chi connectivity index (χ0v) is 12.2. The molecule has 2 N–H and O–H groups in total. The van der Waals surface area contributed by atoms with Crippen LogP contribution in [0.5, 0.6) is 0 Å². The van der Waals surface area contributed by atoms with E-state index in [2.05, 4.69) is 20.5 Å². The molecule has 0 unspecified atom stereocenters. The van der Waals surface area contributed by atoms with Gasteiger partial charge in [0.05, 0.1) is 28.8 Å². The van der Waals surface area contributed by atoms with Crippen molar-refractivity contribution in [1.82, 2.24) is 10.2 Å². The molecule has 0 spiro atoms. The van der Waals surface area contributed by atoms with Gasteiger partial charge in [0.15, 0.2) is 0 Å². The second-order valence-corrected chi connectivity index (χ2v) is 5.30. The first-order chi connectivity index (χ1) is 11.5. The van der Waals surface area contributed by atoms with Crippen LogP contribution in [-0.2, 0) is 6.18 Å². The average molecular weight is 328 g/mol. The van der Waals surface area contributed by atoms with E-state index in [9.17, 15) is 13.2 Å². The second kappa shape index (κ2) is 5.23. The molecule has 0 saturated carbocycles. The molecule has 3 aromatic rings.